The quantitative estimate of drug-likeness (QED) is 0.708. The average Bonchev–Trinajstić information content (AvgIpc) is 2.89. The van der Waals surface area contributed by atoms with E-state index in [0.29, 0.717) is 5.56 Å². The topological polar surface area (TPSA) is 56.2 Å². The number of carbonyl (C=O) groups excluding carboxylic acids is 1. The molecular weight excluding hydrogens is 226 g/mol. The van der Waals surface area contributed by atoms with Gasteiger partial charge in [0.15, 0.2) is 0 Å². The maximum atomic E-state index is 10.4. The van der Waals surface area contributed by atoms with Gasteiger partial charge in [0.25, 0.3) is 0 Å². The molecule has 0 bridgehead atoms. The number of carbonyl (C=O) groups is 1. The van der Waals surface area contributed by atoms with E-state index in [1.807, 2.05) is 36.4 Å². The number of primary amides is 1. The Bertz CT molecular complexity index is 599. The molecule has 2 N–H and O–H groups in total. The second kappa shape index (κ2) is 5.68. The molecule has 0 saturated carbocycles. The van der Waals surface area contributed by atoms with E-state index >= 15 is 0 Å². The number of para-hydroxylation sites is 1. The van der Waals surface area contributed by atoms with Crippen LogP contribution in [0, 0.1) is 0 Å². The standard InChI is InChI=1S/C8H6O.C7H7NO/c1-2-4-8-7(3-1)5-6-9-8;8-7(9)6-4-2-1-3-5-6/h1-6H;1-5H,(H2,8,9). The van der Waals surface area contributed by atoms with E-state index in [2.05, 4.69) is 0 Å². The maximum Gasteiger partial charge on any atom is 0.248 e. The summed E-state index contributed by atoms with van der Waals surface area (Å²) in [5.74, 6) is -0.379. The lowest BCUT2D eigenvalue weighted by atomic mass is 10.2. The molecule has 0 unspecified atom stereocenters. The molecule has 3 rings (SSSR count). The summed E-state index contributed by atoms with van der Waals surface area (Å²) in [5.41, 5.74) is 6.48. The molecule has 3 nitrogen and oxygen atoms in total. The van der Waals surface area contributed by atoms with Crippen LogP contribution in [0.4, 0.5) is 0 Å². The van der Waals surface area contributed by atoms with E-state index in [1.54, 1.807) is 30.5 Å². The summed E-state index contributed by atoms with van der Waals surface area (Å²) < 4.78 is 5.12. The van der Waals surface area contributed by atoms with Crippen LogP contribution < -0.4 is 5.73 Å². The summed E-state index contributed by atoms with van der Waals surface area (Å²) in [6, 6.07) is 18.7. The minimum Gasteiger partial charge on any atom is -0.464 e. The fourth-order valence-corrected chi connectivity index (χ4v) is 1.51. The van der Waals surface area contributed by atoms with Crippen molar-refractivity contribution in [3.8, 4) is 0 Å². The Hall–Kier alpha value is -2.55. The molecule has 0 spiro atoms. The normalized spacial score (nSPS) is 9.56. The molecule has 0 radical (unpaired) electrons. The van der Waals surface area contributed by atoms with Crippen LogP contribution in [0.2, 0.25) is 0 Å². The Labute approximate surface area is 105 Å². The lowest BCUT2D eigenvalue weighted by Gasteiger charge is -1.89. The van der Waals surface area contributed by atoms with Crippen molar-refractivity contribution in [2.75, 3.05) is 0 Å². The van der Waals surface area contributed by atoms with Crippen LogP contribution in [0.25, 0.3) is 11.0 Å². The Morgan fingerprint density at radius 3 is 2.17 bits per heavy atom. The molecule has 18 heavy (non-hydrogen) atoms. The van der Waals surface area contributed by atoms with Gasteiger partial charge in [-0.1, -0.05) is 36.4 Å². The van der Waals surface area contributed by atoms with Gasteiger partial charge in [-0.05, 0) is 24.3 Å². The summed E-state index contributed by atoms with van der Waals surface area (Å²) in [6.45, 7) is 0. The number of fused-ring (bicyclic) bond motifs is 1. The SMILES string of the molecule is NC(=O)c1ccccc1.c1ccc2occc2c1. The van der Waals surface area contributed by atoms with Crippen molar-refractivity contribution in [3.05, 3.63) is 72.5 Å². The molecular formula is C15H13NO2. The molecule has 3 aromatic rings. The van der Waals surface area contributed by atoms with Gasteiger partial charge in [-0.25, -0.2) is 0 Å². The molecule has 0 aliphatic heterocycles. The van der Waals surface area contributed by atoms with Crippen LogP contribution in [0.3, 0.4) is 0 Å². The third kappa shape index (κ3) is 2.98. The van der Waals surface area contributed by atoms with Crippen LogP contribution in [0.15, 0.2) is 71.3 Å². The van der Waals surface area contributed by atoms with E-state index in [4.69, 9.17) is 10.2 Å². The van der Waals surface area contributed by atoms with Crippen LogP contribution in [-0.4, -0.2) is 5.91 Å². The van der Waals surface area contributed by atoms with Crippen molar-refractivity contribution in [2.45, 2.75) is 0 Å². The van der Waals surface area contributed by atoms with Gasteiger partial charge in [0.05, 0.1) is 6.26 Å². The molecule has 0 aliphatic rings. The van der Waals surface area contributed by atoms with Crippen molar-refractivity contribution in [2.24, 2.45) is 5.73 Å². The number of amides is 1. The number of benzene rings is 2. The van der Waals surface area contributed by atoms with Gasteiger partial charge in [0.1, 0.15) is 5.58 Å². The molecule has 0 aliphatic carbocycles. The van der Waals surface area contributed by atoms with Gasteiger partial charge >= 0.3 is 0 Å². The first-order valence-electron chi connectivity index (χ1n) is 5.54. The molecule has 3 heteroatoms. The average molecular weight is 239 g/mol. The summed E-state index contributed by atoms with van der Waals surface area (Å²) in [5, 5.41) is 1.16. The number of nitrogens with two attached hydrogens (primary N) is 1. The predicted octanol–water partition coefficient (Wildman–Crippen LogP) is 3.22. The minimum absolute atomic E-state index is 0.379. The first-order chi connectivity index (χ1) is 8.77. The van der Waals surface area contributed by atoms with Crippen molar-refractivity contribution < 1.29 is 9.21 Å². The van der Waals surface area contributed by atoms with Gasteiger partial charge in [-0.3, -0.25) is 4.79 Å². The molecule has 1 heterocycles. The van der Waals surface area contributed by atoms with Gasteiger partial charge in [-0.2, -0.15) is 0 Å². The summed E-state index contributed by atoms with van der Waals surface area (Å²) in [6.07, 6.45) is 1.70. The monoisotopic (exact) mass is 239 g/mol. The van der Waals surface area contributed by atoms with E-state index in [9.17, 15) is 4.79 Å². The molecule has 1 aromatic heterocycles. The summed E-state index contributed by atoms with van der Waals surface area (Å²) in [7, 11) is 0. The number of rotatable bonds is 1. The molecule has 0 saturated heterocycles. The van der Waals surface area contributed by atoms with Crippen LogP contribution >= 0.6 is 0 Å². The van der Waals surface area contributed by atoms with Crippen molar-refractivity contribution in [3.63, 3.8) is 0 Å². The first-order valence-corrected chi connectivity index (χ1v) is 5.54. The Morgan fingerprint density at radius 1 is 0.889 bits per heavy atom. The highest BCUT2D eigenvalue weighted by molar-refractivity contribution is 5.92. The molecule has 0 fully saturated rings. The van der Waals surface area contributed by atoms with E-state index in [1.165, 1.54) is 0 Å². The first kappa shape index (κ1) is 11.9. The molecule has 2 aromatic carbocycles. The van der Waals surface area contributed by atoms with E-state index in [0.717, 1.165) is 11.0 Å². The van der Waals surface area contributed by atoms with Gasteiger partial charge < -0.3 is 10.2 Å². The van der Waals surface area contributed by atoms with Crippen LogP contribution in [0.1, 0.15) is 10.4 Å². The third-order valence-electron chi connectivity index (χ3n) is 2.42. The van der Waals surface area contributed by atoms with E-state index < -0.39 is 0 Å². The minimum atomic E-state index is -0.379. The van der Waals surface area contributed by atoms with Crippen molar-refractivity contribution >= 4 is 16.9 Å². The fourth-order valence-electron chi connectivity index (χ4n) is 1.51. The smallest absolute Gasteiger partial charge is 0.248 e. The highest BCUT2D eigenvalue weighted by Gasteiger charge is 1.93. The third-order valence-corrected chi connectivity index (χ3v) is 2.42. The zero-order valence-corrected chi connectivity index (χ0v) is 9.74. The number of hydrogen-bond acceptors (Lipinski definition) is 2. The van der Waals surface area contributed by atoms with Crippen LogP contribution in [0.5, 0.6) is 0 Å². The maximum absolute atomic E-state index is 10.4. The summed E-state index contributed by atoms with van der Waals surface area (Å²) in [4.78, 5) is 10.4. The zero-order chi connectivity index (χ0) is 12.8. The van der Waals surface area contributed by atoms with Gasteiger partial charge in [-0.15, -0.1) is 0 Å². The fraction of sp³-hybridized carbons (Fsp3) is 0. The van der Waals surface area contributed by atoms with Crippen molar-refractivity contribution in [1.82, 2.24) is 0 Å². The highest BCUT2D eigenvalue weighted by atomic mass is 16.3. The Kier molecular flexibility index (Phi) is 3.76. The number of furan rings is 1. The van der Waals surface area contributed by atoms with Crippen LogP contribution in [-0.2, 0) is 0 Å². The largest absolute Gasteiger partial charge is 0.464 e. The Morgan fingerprint density at radius 2 is 1.56 bits per heavy atom. The predicted molar refractivity (Wildman–Crippen MR) is 71.2 cm³/mol. The van der Waals surface area contributed by atoms with Crippen molar-refractivity contribution in [1.29, 1.82) is 0 Å². The van der Waals surface area contributed by atoms with E-state index in [-0.39, 0.29) is 5.91 Å². The molecule has 1 amide bonds. The highest BCUT2D eigenvalue weighted by Crippen LogP contribution is 2.12. The lowest BCUT2D eigenvalue weighted by molar-refractivity contribution is 0.100. The molecule has 0 atom stereocenters. The second-order valence-corrected chi connectivity index (χ2v) is 3.69. The number of hydrogen-bond donors (Lipinski definition) is 1. The second-order valence-electron chi connectivity index (χ2n) is 3.69. The zero-order valence-electron chi connectivity index (χ0n) is 9.74. The van der Waals surface area contributed by atoms with Gasteiger partial charge in [0.2, 0.25) is 5.91 Å². The Balaban J connectivity index is 0.000000134. The van der Waals surface area contributed by atoms with Gasteiger partial charge in [0, 0.05) is 10.9 Å². The molecule has 90 valence electrons. The lowest BCUT2D eigenvalue weighted by Crippen LogP contribution is -2.09. The summed E-state index contributed by atoms with van der Waals surface area (Å²) >= 11 is 0.